The molecule has 2 N–H and O–H groups in total. The monoisotopic (exact) mass is 364 g/mol. The Labute approximate surface area is 159 Å². The van der Waals surface area contributed by atoms with Crippen LogP contribution in [0.2, 0.25) is 0 Å². The minimum atomic E-state index is 0.0892. The maximum atomic E-state index is 5.83. The van der Waals surface area contributed by atoms with Crippen LogP contribution in [0.3, 0.4) is 0 Å². The van der Waals surface area contributed by atoms with E-state index in [9.17, 15) is 0 Å². The molecule has 0 aliphatic heterocycles. The zero-order valence-corrected chi connectivity index (χ0v) is 15.8. The van der Waals surface area contributed by atoms with Gasteiger partial charge in [0.05, 0.1) is 18.9 Å². The Morgan fingerprint density at radius 2 is 1.78 bits per heavy atom. The zero-order chi connectivity index (χ0) is 19.1. The summed E-state index contributed by atoms with van der Waals surface area (Å²) >= 11 is 0. The third kappa shape index (κ3) is 5.34. The Bertz CT molecular complexity index is 866. The molecule has 2 aromatic carbocycles. The summed E-state index contributed by atoms with van der Waals surface area (Å²) in [6, 6.07) is 17.5. The van der Waals surface area contributed by atoms with Crippen molar-refractivity contribution < 1.29 is 9.47 Å². The number of rotatable bonds is 8. The van der Waals surface area contributed by atoms with E-state index in [1.165, 1.54) is 0 Å². The second-order valence-electron chi connectivity index (χ2n) is 6.25. The first-order chi connectivity index (χ1) is 13.1. The summed E-state index contributed by atoms with van der Waals surface area (Å²) in [4.78, 5) is 8.82. The Morgan fingerprint density at radius 3 is 2.52 bits per heavy atom. The highest BCUT2D eigenvalue weighted by atomic mass is 16.5. The Hall–Kier alpha value is -3.28. The third-order valence-corrected chi connectivity index (χ3v) is 3.78. The van der Waals surface area contributed by atoms with Crippen molar-refractivity contribution in [3.05, 3.63) is 66.4 Å². The Balaban J connectivity index is 1.67. The van der Waals surface area contributed by atoms with E-state index in [1.54, 1.807) is 13.3 Å². The number of aromatic nitrogens is 2. The molecule has 0 radical (unpaired) electrons. The quantitative estimate of drug-likeness (QED) is 0.607. The molecule has 0 spiro atoms. The molecule has 27 heavy (non-hydrogen) atoms. The highest BCUT2D eigenvalue weighted by Crippen LogP contribution is 2.27. The van der Waals surface area contributed by atoms with Crippen LogP contribution in [0.15, 0.2) is 60.8 Å². The first-order valence-electron chi connectivity index (χ1n) is 8.86. The summed E-state index contributed by atoms with van der Waals surface area (Å²) in [5.41, 5.74) is 1.97. The first kappa shape index (κ1) is 18.5. The van der Waals surface area contributed by atoms with Crippen molar-refractivity contribution in [3.8, 4) is 11.5 Å². The molecule has 3 aromatic rings. The molecule has 6 heteroatoms. The van der Waals surface area contributed by atoms with Crippen molar-refractivity contribution in [2.75, 3.05) is 17.7 Å². The molecule has 0 aliphatic carbocycles. The average Bonchev–Trinajstić information content (AvgIpc) is 2.68. The molecule has 6 nitrogen and oxygen atoms in total. The fraction of sp³-hybridized carbons (Fsp3) is 0.238. The second kappa shape index (κ2) is 8.89. The van der Waals surface area contributed by atoms with Gasteiger partial charge in [0, 0.05) is 12.7 Å². The largest absolute Gasteiger partial charge is 0.497 e. The summed E-state index contributed by atoms with van der Waals surface area (Å²) in [6.07, 6.45) is 1.81. The molecule has 0 unspecified atom stereocenters. The van der Waals surface area contributed by atoms with Gasteiger partial charge in [-0.05, 0) is 49.7 Å². The van der Waals surface area contributed by atoms with Gasteiger partial charge in [0.25, 0.3) is 0 Å². The third-order valence-electron chi connectivity index (χ3n) is 3.78. The van der Waals surface area contributed by atoms with Crippen LogP contribution in [-0.4, -0.2) is 23.2 Å². The summed E-state index contributed by atoms with van der Waals surface area (Å²) in [7, 11) is 1.66. The van der Waals surface area contributed by atoms with Crippen molar-refractivity contribution in [1.82, 2.24) is 9.97 Å². The lowest BCUT2D eigenvalue weighted by Gasteiger charge is -2.15. The van der Waals surface area contributed by atoms with Gasteiger partial charge in [0.2, 0.25) is 5.95 Å². The fourth-order valence-electron chi connectivity index (χ4n) is 2.50. The summed E-state index contributed by atoms with van der Waals surface area (Å²) in [5.74, 6) is 2.86. The minimum Gasteiger partial charge on any atom is -0.497 e. The zero-order valence-electron chi connectivity index (χ0n) is 15.8. The maximum Gasteiger partial charge on any atom is 0.229 e. The van der Waals surface area contributed by atoms with Crippen LogP contribution in [-0.2, 0) is 6.54 Å². The smallest absolute Gasteiger partial charge is 0.229 e. The van der Waals surface area contributed by atoms with Crippen LogP contribution >= 0.6 is 0 Å². The number of hydrogen-bond acceptors (Lipinski definition) is 6. The summed E-state index contributed by atoms with van der Waals surface area (Å²) in [5, 5.41) is 6.54. The lowest BCUT2D eigenvalue weighted by atomic mass is 10.2. The predicted molar refractivity (Wildman–Crippen MR) is 108 cm³/mol. The predicted octanol–water partition coefficient (Wildman–Crippen LogP) is 4.63. The minimum absolute atomic E-state index is 0.0892. The highest BCUT2D eigenvalue weighted by Gasteiger charge is 2.07. The van der Waals surface area contributed by atoms with E-state index in [0.29, 0.717) is 12.5 Å². The number of benzene rings is 2. The molecule has 3 rings (SSSR count). The molecular weight excluding hydrogens is 340 g/mol. The van der Waals surface area contributed by atoms with Gasteiger partial charge in [-0.25, -0.2) is 4.98 Å². The summed E-state index contributed by atoms with van der Waals surface area (Å²) < 4.78 is 11.0. The van der Waals surface area contributed by atoms with E-state index in [1.807, 2.05) is 68.4 Å². The van der Waals surface area contributed by atoms with Gasteiger partial charge in [-0.3, -0.25) is 0 Å². The van der Waals surface area contributed by atoms with E-state index in [2.05, 4.69) is 20.6 Å². The standard InChI is InChI=1S/C21H24N4O2/c1-15(2)27-19-7-5-4-6-18(19)24-21-22-13-12-20(25-21)23-14-16-8-10-17(26-3)11-9-16/h4-13,15H,14H2,1-3H3,(H2,22,23,24,25). The first-order valence-corrected chi connectivity index (χ1v) is 8.86. The van der Waals surface area contributed by atoms with Crippen LogP contribution in [0.5, 0.6) is 11.5 Å². The lowest BCUT2D eigenvalue weighted by molar-refractivity contribution is 0.244. The number of hydrogen-bond donors (Lipinski definition) is 2. The van der Waals surface area contributed by atoms with Crippen molar-refractivity contribution in [2.24, 2.45) is 0 Å². The van der Waals surface area contributed by atoms with Gasteiger partial charge >= 0.3 is 0 Å². The molecule has 0 saturated carbocycles. The average molecular weight is 364 g/mol. The summed E-state index contributed by atoms with van der Waals surface area (Å²) in [6.45, 7) is 4.65. The van der Waals surface area contributed by atoms with E-state index in [4.69, 9.17) is 9.47 Å². The van der Waals surface area contributed by atoms with Crippen molar-refractivity contribution in [1.29, 1.82) is 0 Å². The molecule has 0 saturated heterocycles. The molecule has 0 bridgehead atoms. The number of nitrogens with zero attached hydrogens (tertiary/aromatic N) is 2. The van der Waals surface area contributed by atoms with Crippen LogP contribution in [0, 0.1) is 0 Å². The topological polar surface area (TPSA) is 68.3 Å². The number of ether oxygens (including phenoxy) is 2. The van der Waals surface area contributed by atoms with Gasteiger partial charge in [0.15, 0.2) is 0 Å². The van der Waals surface area contributed by atoms with E-state index in [0.717, 1.165) is 28.6 Å². The number of para-hydroxylation sites is 2. The second-order valence-corrected chi connectivity index (χ2v) is 6.25. The van der Waals surface area contributed by atoms with Crippen LogP contribution < -0.4 is 20.1 Å². The fourth-order valence-corrected chi connectivity index (χ4v) is 2.50. The SMILES string of the molecule is COc1ccc(CNc2ccnc(Nc3ccccc3OC(C)C)n2)cc1. The van der Waals surface area contributed by atoms with Gasteiger partial charge < -0.3 is 20.1 Å². The Morgan fingerprint density at radius 1 is 1.00 bits per heavy atom. The lowest BCUT2D eigenvalue weighted by Crippen LogP contribution is -2.08. The molecular formula is C21H24N4O2. The molecule has 0 fully saturated rings. The Kier molecular flexibility index (Phi) is 6.10. The van der Waals surface area contributed by atoms with Crippen LogP contribution in [0.1, 0.15) is 19.4 Å². The van der Waals surface area contributed by atoms with Gasteiger partial charge in [0.1, 0.15) is 17.3 Å². The van der Waals surface area contributed by atoms with Gasteiger partial charge in [-0.2, -0.15) is 4.98 Å². The van der Waals surface area contributed by atoms with Gasteiger partial charge in [-0.15, -0.1) is 0 Å². The van der Waals surface area contributed by atoms with E-state index in [-0.39, 0.29) is 6.10 Å². The van der Waals surface area contributed by atoms with Crippen molar-refractivity contribution >= 4 is 17.5 Å². The van der Waals surface area contributed by atoms with Crippen LogP contribution in [0.25, 0.3) is 0 Å². The van der Waals surface area contributed by atoms with Gasteiger partial charge in [-0.1, -0.05) is 24.3 Å². The molecule has 0 atom stereocenters. The highest BCUT2D eigenvalue weighted by molar-refractivity contribution is 5.63. The molecule has 140 valence electrons. The number of anilines is 3. The number of nitrogens with one attached hydrogen (secondary N) is 2. The number of methoxy groups -OCH3 is 1. The molecule has 0 amide bonds. The van der Waals surface area contributed by atoms with Crippen molar-refractivity contribution in [2.45, 2.75) is 26.5 Å². The maximum absolute atomic E-state index is 5.83. The van der Waals surface area contributed by atoms with E-state index >= 15 is 0 Å². The normalized spacial score (nSPS) is 10.5. The molecule has 1 aromatic heterocycles. The molecule has 1 heterocycles. The van der Waals surface area contributed by atoms with E-state index < -0.39 is 0 Å². The van der Waals surface area contributed by atoms with Crippen LogP contribution in [0.4, 0.5) is 17.5 Å². The van der Waals surface area contributed by atoms with Crippen molar-refractivity contribution in [3.63, 3.8) is 0 Å². The molecule has 0 aliphatic rings.